The van der Waals surface area contributed by atoms with Crippen LogP contribution in [-0.4, -0.2) is 0 Å². The normalized spacial score (nSPS) is 10.4. The second-order valence-corrected chi connectivity index (χ2v) is 4.27. The van der Waals surface area contributed by atoms with E-state index < -0.39 is 0 Å². The third kappa shape index (κ3) is 2.86. The molecule has 0 atom stereocenters. The van der Waals surface area contributed by atoms with Crippen molar-refractivity contribution in [2.45, 2.75) is 20.5 Å². The number of hydrogen-bond acceptors (Lipinski definition) is 1. The van der Waals surface area contributed by atoms with Gasteiger partial charge in [-0.25, -0.2) is 8.78 Å². The Bertz CT molecular complexity index is 564. The Labute approximate surface area is 105 Å². The van der Waals surface area contributed by atoms with Crippen molar-refractivity contribution >= 4 is 0 Å². The van der Waals surface area contributed by atoms with Crippen LogP contribution in [0.5, 0.6) is 5.75 Å². The summed E-state index contributed by atoms with van der Waals surface area (Å²) >= 11 is 0. The third-order valence-electron chi connectivity index (χ3n) is 2.85. The van der Waals surface area contributed by atoms with Crippen LogP contribution < -0.4 is 4.74 Å². The molecule has 0 bridgehead atoms. The maximum atomic E-state index is 13.3. The largest absolute Gasteiger partial charge is 0.489 e. The van der Waals surface area contributed by atoms with Gasteiger partial charge in [0.25, 0.3) is 0 Å². The molecule has 0 saturated carbocycles. The van der Waals surface area contributed by atoms with Gasteiger partial charge in [0.2, 0.25) is 0 Å². The van der Waals surface area contributed by atoms with Crippen LogP contribution in [0.25, 0.3) is 0 Å². The quantitative estimate of drug-likeness (QED) is 0.792. The number of benzene rings is 2. The molecular formula is C15H14F2O. The van der Waals surface area contributed by atoms with Gasteiger partial charge in [0.1, 0.15) is 24.0 Å². The molecule has 0 fully saturated rings. The molecule has 0 aliphatic heterocycles. The first kappa shape index (κ1) is 12.6. The Hall–Kier alpha value is -1.90. The molecule has 2 aromatic rings. The number of halogens is 2. The van der Waals surface area contributed by atoms with E-state index in [1.54, 1.807) is 25.1 Å². The van der Waals surface area contributed by atoms with Crippen molar-refractivity contribution in [3.05, 3.63) is 64.7 Å². The highest BCUT2D eigenvalue weighted by Crippen LogP contribution is 2.18. The van der Waals surface area contributed by atoms with E-state index in [-0.39, 0.29) is 18.2 Å². The van der Waals surface area contributed by atoms with Crippen LogP contribution in [0.1, 0.15) is 16.7 Å². The number of rotatable bonds is 3. The van der Waals surface area contributed by atoms with E-state index in [1.807, 2.05) is 6.92 Å². The molecule has 0 amide bonds. The van der Waals surface area contributed by atoms with E-state index in [4.69, 9.17) is 4.74 Å². The number of aryl methyl sites for hydroxylation is 2. The molecule has 0 aliphatic carbocycles. The Morgan fingerprint density at radius 3 is 2.39 bits per heavy atom. The molecule has 2 aromatic carbocycles. The van der Waals surface area contributed by atoms with Crippen molar-refractivity contribution in [2.24, 2.45) is 0 Å². The van der Waals surface area contributed by atoms with E-state index >= 15 is 0 Å². The van der Waals surface area contributed by atoms with Crippen molar-refractivity contribution in [1.82, 2.24) is 0 Å². The van der Waals surface area contributed by atoms with Gasteiger partial charge in [-0.15, -0.1) is 0 Å². The Kier molecular flexibility index (Phi) is 3.60. The van der Waals surface area contributed by atoms with Crippen LogP contribution in [0.4, 0.5) is 8.78 Å². The van der Waals surface area contributed by atoms with Gasteiger partial charge < -0.3 is 4.74 Å². The minimum atomic E-state index is -0.302. The van der Waals surface area contributed by atoms with Crippen LogP contribution in [0.3, 0.4) is 0 Å². The van der Waals surface area contributed by atoms with E-state index in [2.05, 4.69) is 0 Å². The van der Waals surface area contributed by atoms with Crippen molar-refractivity contribution in [3.8, 4) is 5.75 Å². The van der Waals surface area contributed by atoms with Crippen molar-refractivity contribution in [1.29, 1.82) is 0 Å². The zero-order valence-electron chi connectivity index (χ0n) is 10.3. The van der Waals surface area contributed by atoms with E-state index in [9.17, 15) is 8.78 Å². The topological polar surface area (TPSA) is 9.23 Å². The molecule has 0 radical (unpaired) electrons. The molecule has 2 rings (SSSR count). The lowest BCUT2D eigenvalue weighted by atomic mass is 10.1. The molecule has 0 spiro atoms. The first-order valence-corrected chi connectivity index (χ1v) is 5.70. The van der Waals surface area contributed by atoms with Crippen molar-refractivity contribution in [2.75, 3.05) is 0 Å². The summed E-state index contributed by atoms with van der Waals surface area (Å²) in [6, 6.07) is 9.23. The summed E-state index contributed by atoms with van der Waals surface area (Å²) < 4.78 is 31.8. The lowest BCUT2D eigenvalue weighted by Crippen LogP contribution is -1.99. The summed E-state index contributed by atoms with van der Waals surface area (Å²) in [6.07, 6.45) is 0. The molecule has 18 heavy (non-hydrogen) atoms. The summed E-state index contributed by atoms with van der Waals surface area (Å²) in [5.74, 6) is -0.153. The second-order valence-electron chi connectivity index (χ2n) is 4.27. The van der Waals surface area contributed by atoms with Gasteiger partial charge in [0, 0.05) is 6.07 Å². The van der Waals surface area contributed by atoms with Gasteiger partial charge >= 0.3 is 0 Å². The average Bonchev–Trinajstić information content (AvgIpc) is 2.34. The predicted octanol–water partition coefficient (Wildman–Crippen LogP) is 4.16. The minimum absolute atomic E-state index is 0.228. The summed E-state index contributed by atoms with van der Waals surface area (Å²) in [6.45, 7) is 3.80. The van der Waals surface area contributed by atoms with E-state index in [0.29, 0.717) is 11.3 Å². The molecule has 3 heteroatoms. The van der Waals surface area contributed by atoms with E-state index in [1.165, 1.54) is 18.2 Å². The zero-order chi connectivity index (χ0) is 13.1. The standard InChI is InChI=1S/C15H14F2O/c1-10-3-5-13(16)7-12(10)9-18-14-6-4-11(2)15(17)8-14/h3-8H,9H2,1-2H3. The van der Waals surface area contributed by atoms with Gasteiger partial charge in [0.15, 0.2) is 0 Å². The summed E-state index contributed by atoms with van der Waals surface area (Å²) in [7, 11) is 0. The summed E-state index contributed by atoms with van der Waals surface area (Å²) in [4.78, 5) is 0. The monoisotopic (exact) mass is 248 g/mol. The predicted molar refractivity (Wildman–Crippen MR) is 66.6 cm³/mol. The number of ether oxygens (including phenoxy) is 1. The first-order chi connectivity index (χ1) is 8.56. The molecule has 1 nitrogen and oxygen atoms in total. The molecule has 0 aromatic heterocycles. The molecule has 0 heterocycles. The molecule has 0 unspecified atom stereocenters. The lowest BCUT2D eigenvalue weighted by Gasteiger charge is -2.09. The Morgan fingerprint density at radius 2 is 1.67 bits per heavy atom. The fourth-order valence-electron chi connectivity index (χ4n) is 1.62. The van der Waals surface area contributed by atoms with E-state index in [0.717, 1.165) is 11.1 Å². The highest BCUT2D eigenvalue weighted by atomic mass is 19.1. The minimum Gasteiger partial charge on any atom is -0.489 e. The maximum Gasteiger partial charge on any atom is 0.129 e. The Balaban J connectivity index is 2.11. The zero-order valence-corrected chi connectivity index (χ0v) is 10.3. The van der Waals surface area contributed by atoms with Gasteiger partial charge in [-0.2, -0.15) is 0 Å². The molecule has 0 aliphatic rings. The van der Waals surface area contributed by atoms with Gasteiger partial charge in [-0.3, -0.25) is 0 Å². The summed E-state index contributed by atoms with van der Waals surface area (Å²) in [5.41, 5.74) is 2.28. The fraction of sp³-hybridized carbons (Fsp3) is 0.200. The fourth-order valence-corrected chi connectivity index (χ4v) is 1.62. The van der Waals surface area contributed by atoms with Gasteiger partial charge in [-0.1, -0.05) is 12.1 Å². The number of hydrogen-bond donors (Lipinski definition) is 0. The molecule has 0 saturated heterocycles. The average molecular weight is 248 g/mol. The second kappa shape index (κ2) is 5.17. The van der Waals surface area contributed by atoms with Crippen LogP contribution in [0.2, 0.25) is 0 Å². The van der Waals surface area contributed by atoms with Gasteiger partial charge in [0.05, 0.1) is 0 Å². The molecule has 94 valence electrons. The first-order valence-electron chi connectivity index (χ1n) is 5.70. The summed E-state index contributed by atoms with van der Waals surface area (Å²) in [5, 5.41) is 0. The molecule has 0 N–H and O–H groups in total. The smallest absolute Gasteiger partial charge is 0.129 e. The van der Waals surface area contributed by atoms with Crippen LogP contribution in [0, 0.1) is 25.5 Å². The van der Waals surface area contributed by atoms with Crippen LogP contribution in [0.15, 0.2) is 36.4 Å². The van der Waals surface area contributed by atoms with Crippen LogP contribution in [-0.2, 0) is 6.61 Å². The third-order valence-corrected chi connectivity index (χ3v) is 2.85. The lowest BCUT2D eigenvalue weighted by molar-refractivity contribution is 0.303. The maximum absolute atomic E-state index is 13.3. The van der Waals surface area contributed by atoms with Crippen LogP contribution >= 0.6 is 0 Å². The van der Waals surface area contributed by atoms with Crippen molar-refractivity contribution < 1.29 is 13.5 Å². The van der Waals surface area contributed by atoms with Crippen molar-refractivity contribution in [3.63, 3.8) is 0 Å². The molecular weight excluding hydrogens is 234 g/mol. The highest BCUT2D eigenvalue weighted by Gasteiger charge is 2.04. The SMILES string of the molecule is Cc1ccc(OCc2cc(F)ccc2C)cc1F. The highest BCUT2D eigenvalue weighted by molar-refractivity contribution is 5.30. The van der Waals surface area contributed by atoms with Gasteiger partial charge in [-0.05, 0) is 48.7 Å². The Morgan fingerprint density at radius 1 is 0.944 bits per heavy atom.